The molecule has 0 aromatic heterocycles. The van der Waals surface area contributed by atoms with Gasteiger partial charge in [0.1, 0.15) is 12.2 Å². The number of carboxylic acids is 1. The lowest BCUT2D eigenvalue weighted by Gasteiger charge is -2.49. The number of carboxylic acid groups (broad SMARTS) is 1. The van der Waals surface area contributed by atoms with Crippen molar-refractivity contribution in [3.05, 3.63) is 0 Å². The van der Waals surface area contributed by atoms with Crippen LogP contribution in [0.2, 0.25) is 0 Å². The quantitative estimate of drug-likeness (QED) is 0.746. The number of unbranched alkanes of at least 4 members (excludes halogenated alkanes) is 1. The highest BCUT2D eigenvalue weighted by Gasteiger charge is 2.44. The van der Waals surface area contributed by atoms with Crippen molar-refractivity contribution < 1.29 is 19.4 Å². The zero-order valence-corrected chi connectivity index (χ0v) is 13.6. The van der Waals surface area contributed by atoms with Crippen LogP contribution >= 0.6 is 0 Å². The normalized spacial score (nSPS) is 18.0. The Morgan fingerprint density at radius 1 is 1.38 bits per heavy atom. The smallest absolute Gasteiger partial charge is 0.329 e. The van der Waals surface area contributed by atoms with E-state index in [-0.39, 0.29) is 18.7 Å². The molecule has 0 aromatic rings. The zero-order chi connectivity index (χ0) is 16.0. The Kier molecular flexibility index (Phi) is 6.45. The molecule has 1 heterocycles. The van der Waals surface area contributed by atoms with Crippen LogP contribution in [0.1, 0.15) is 47.0 Å². The van der Waals surface area contributed by atoms with Gasteiger partial charge in [0.05, 0.1) is 13.1 Å². The summed E-state index contributed by atoms with van der Waals surface area (Å²) in [5, 5.41) is 8.65. The Labute approximate surface area is 127 Å². The summed E-state index contributed by atoms with van der Waals surface area (Å²) in [7, 11) is 0. The second kappa shape index (κ2) is 7.64. The molecule has 1 saturated heterocycles. The summed E-state index contributed by atoms with van der Waals surface area (Å²) in [4.78, 5) is 26.7. The third kappa shape index (κ3) is 4.88. The molecule has 1 aliphatic rings. The Morgan fingerprint density at radius 2 is 2.00 bits per heavy atom. The first-order valence-electron chi connectivity index (χ1n) is 7.74. The minimum atomic E-state index is -0.981. The molecule has 0 spiro atoms. The second-order valence-electron chi connectivity index (χ2n) is 6.08. The maximum Gasteiger partial charge on any atom is 0.329 e. The number of hydrogen-bond donors (Lipinski definition) is 1. The molecule has 1 unspecified atom stereocenters. The third-order valence-electron chi connectivity index (χ3n) is 3.99. The van der Waals surface area contributed by atoms with Crippen LogP contribution in [0.3, 0.4) is 0 Å². The molecular weight excluding hydrogens is 272 g/mol. The van der Waals surface area contributed by atoms with E-state index in [2.05, 4.69) is 20.8 Å². The Bertz CT molecular complexity index is 367. The maximum absolute atomic E-state index is 12.5. The highest BCUT2D eigenvalue weighted by Crippen LogP contribution is 2.26. The van der Waals surface area contributed by atoms with Crippen molar-refractivity contribution in [3.63, 3.8) is 0 Å². The van der Waals surface area contributed by atoms with Crippen molar-refractivity contribution in [2.75, 3.05) is 26.2 Å². The number of ether oxygens (including phenoxy) is 1. The number of nitrogens with zero attached hydrogens (tertiary/aromatic N) is 2. The van der Waals surface area contributed by atoms with Crippen LogP contribution in [0, 0.1) is 0 Å². The van der Waals surface area contributed by atoms with E-state index >= 15 is 0 Å². The van der Waals surface area contributed by atoms with Gasteiger partial charge in [-0.25, -0.2) is 9.59 Å². The van der Waals surface area contributed by atoms with Gasteiger partial charge in [-0.15, -0.1) is 0 Å². The van der Waals surface area contributed by atoms with Crippen LogP contribution in [0.4, 0.5) is 4.79 Å². The highest BCUT2D eigenvalue weighted by molar-refractivity contribution is 5.76. The summed E-state index contributed by atoms with van der Waals surface area (Å²) in [6.07, 6.45) is 2.98. The Balaban J connectivity index is 2.53. The van der Waals surface area contributed by atoms with Crippen LogP contribution in [-0.4, -0.2) is 64.8 Å². The van der Waals surface area contributed by atoms with Gasteiger partial charge in [0.15, 0.2) is 0 Å². The van der Waals surface area contributed by atoms with E-state index in [1.54, 1.807) is 4.90 Å². The molecule has 0 aromatic carbocycles. The number of amides is 2. The molecule has 6 heteroatoms. The number of rotatable bonds is 8. The molecule has 1 atom stereocenters. The van der Waals surface area contributed by atoms with Gasteiger partial charge in [-0.05, 0) is 26.7 Å². The fraction of sp³-hybridized carbons (Fsp3) is 0.867. The Hall–Kier alpha value is -1.30. The average Bonchev–Trinajstić information content (AvgIpc) is 2.41. The van der Waals surface area contributed by atoms with E-state index in [1.807, 2.05) is 11.8 Å². The molecule has 0 saturated carbocycles. The number of likely N-dealkylation sites (tertiary alicyclic amines) is 1. The van der Waals surface area contributed by atoms with Gasteiger partial charge in [0.25, 0.3) is 0 Å². The molecule has 1 N–H and O–H groups in total. The van der Waals surface area contributed by atoms with Crippen LogP contribution in [0.15, 0.2) is 0 Å². The lowest BCUT2D eigenvalue weighted by Crippen LogP contribution is -2.66. The molecule has 0 radical (unpaired) electrons. The van der Waals surface area contributed by atoms with Crippen molar-refractivity contribution >= 4 is 12.0 Å². The van der Waals surface area contributed by atoms with Gasteiger partial charge in [0.2, 0.25) is 0 Å². The van der Waals surface area contributed by atoms with Gasteiger partial charge in [-0.2, -0.15) is 0 Å². The molecule has 122 valence electrons. The van der Waals surface area contributed by atoms with Gasteiger partial charge < -0.3 is 19.6 Å². The Morgan fingerprint density at radius 3 is 2.48 bits per heavy atom. The largest absolute Gasteiger partial charge is 0.480 e. The first-order chi connectivity index (χ1) is 9.83. The molecule has 0 bridgehead atoms. The van der Waals surface area contributed by atoms with E-state index in [0.29, 0.717) is 13.1 Å². The topological polar surface area (TPSA) is 70.1 Å². The summed E-state index contributed by atoms with van der Waals surface area (Å²) in [6.45, 7) is 9.47. The first-order valence-corrected chi connectivity index (χ1v) is 7.74. The molecule has 2 amide bonds. The van der Waals surface area contributed by atoms with Crippen molar-refractivity contribution in [1.29, 1.82) is 0 Å². The van der Waals surface area contributed by atoms with Crippen molar-refractivity contribution in [2.24, 2.45) is 0 Å². The fourth-order valence-electron chi connectivity index (χ4n) is 2.46. The van der Waals surface area contributed by atoms with Crippen LogP contribution < -0.4 is 0 Å². The summed E-state index contributed by atoms with van der Waals surface area (Å²) in [6, 6.07) is 0.255. The monoisotopic (exact) mass is 300 g/mol. The predicted molar refractivity (Wildman–Crippen MR) is 80.3 cm³/mol. The van der Waals surface area contributed by atoms with Gasteiger partial charge >= 0.3 is 12.0 Å². The number of hydrogen-bond acceptors (Lipinski definition) is 3. The van der Waals surface area contributed by atoms with E-state index < -0.39 is 11.6 Å². The van der Waals surface area contributed by atoms with Crippen molar-refractivity contribution in [2.45, 2.75) is 58.6 Å². The van der Waals surface area contributed by atoms with E-state index in [9.17, 15) is 9.59 Å². The standard InChI is InChI=1S/C15H28N2O4/c1-5-7-8-17(12(3)6-2)14(20)16-10-15(4,11-16)21-9-13(18)19/h12H,5-11H2,1-4H3,(H,18,19). The zero-order valence-electron chi connectivity index (χ0n) is 13.6. The fourth-order valence-corrected chi connectivity index (χ4v) is 2.46. The summed E-state index contributed by atoms with van der Waals surface area (Å²) in [5.41, 5.74) is -0.528. The highest BCUT2D eigenvalue weighted by atomic mass is 16.5. The number of urea groups is 1. The minimum absolute atomic E-state index is 0.0363. The van der Waals surface area contributed by atoms with E-state index in [1.165, 1.54) is 0 Å². The van der Waals surface area contributed by atoms with E-state index in [0.717, 1.165) is 25.8 Å². The average molecular weight is 300 g/mol. The number of carbonyl (C=O) groups is 2. The van der Waals surface area contributed by atoms with E-state index in [4.69, 9.17) is 9.84 Å². The summed E-state index contributed by atoms with van der Waals surface area (Å²) in [5.74, 6) is -0.981. The molecule has 1 aliphatic heterocycles. The summed E-state index contributed by atoms with van der Waals surface area (Å²) < 4.78 is 5.34. The maximum atomic E-state index is 12.5. The first kappa shape index (κ1) is 17.8. The van der Waals surface area contributed by atoms with Crippen molar-refractivity contribution in [1.82, 2.24) is 9.80 Å². The SMILES string of the molecule is CCCCN(C(=O)N1CC(C)(OCC(=O)O)C1)C(C)CC. The second-order valence-corrected chi connectivity index (χ2v) is 6.08. The van der Waals surface area contributed by atoms with Crippen LogP contribution in [0.5, 0.6) is 0 Å². The molecule has 1 rings (SSSR count). The van der Waals surface area contributed by atoms with Gasteiger partial charge in [-0.1, -0.05) is 20.3 Å². The van der Waals surface area contributed by atoms with Crippen LogP contribution in [-0.2, 0) is 9.53 Å². The minimum Gasteiger partial charge on any atom is -0.480 e. The van der Waals surface area contributed by atoms with Crippen molar-refractivity contribution in [3.8, 4) is 0 Å². The predicted octanol–water partition coefficient (Wildman–Crippen LogP) is 2.18. The lowest BCUT2D eigenvalue weighted by molar-refractivity contribution is -0.160. The van der Waals surface area contributed by atoms with Gasteiger partial charge in [0, 0.05) is 12.6 Å². The molecule has 6 nitrogen and oxygen atoms in total. The molecule has 0 aliphatic carbocycles. The molecule has 21 heavy (non-hydrogen) atoms. The lowest BCUT2D eigenvalue weighted by atomic mass is 9.96. The third-order valence-corrected chi connectivity index (χ3v) is 3.99. The van der Waals surface area contributed by atoms with Gasteiger partial charge in [-0.3, -0.25) is 0 Å². The van der Waals surface area contributed by atoms with Crippen LogP contribution in [0.25, 0.3) is 0 Å². The number of carbonyl (C=O) groups excluding carboxylic acids is 1. The molecule has 1 fully saturated rings. The summed E-state index contributed by atoms with van der Waals surface area (Å²) >= 11 is 0. The number of aliphatic carboxylic acids is 1. The molecular formula is C15H28N2O4.